The van der Waals surface area contributed by atoms with Gasteiger partial charge in [0.1, 0.15) is 11.5 Å². The van der Waals surface area contributed by atoms with Gasteiger partial charge in [0.2, 0.25) is 0 Å². The third kappa shape index (κ3) is 9.24. The Morgan fingerprint density at radius 2 is 1.16 bits per heavy atom. The zero-order valence-electron chi connectivity index (χ0n) is 30.1. The van der Waals surface area contributed by atoms with Crippen LogP contribution >= 0.6 is 0 Å². The van der Waals surface area contributed by atoms with Crippen LogP contribution in [0.15, 0.2) is 24.3 Å². The van der Waals surface area contributed by atoms with Crippen LogP contribution in [0.2, 0.25) is 0 Å². The number of methoxy groups -OCH3 is 1. The molecule has 0 aliphatic heterocycles. The van der Waals surface area contributed by atoms with Crippen molar-refractivity contribution in [3.05, 3.63) is 63.2 Å². The van der Waals surface area contributed by atoms with Crippen LogP contribution in [0.5, 0.6) is 11.5 Å². The number of rotatable bonds is 19. The van der Waals surface area contributed by atoms with Crippen molar-refractivity contribution < 1.29 is 14.6 Å². The second-order valence-electron chi connectivity index (χ2n) is 13.6. The molecule has 0 spiro atoms. The van der Waals surface area contributed by atoms with Crippen molar-refractivity contribution in [3.63, 3.8) is 0 Å². The Bertz CT molecular complexity index is 1220. The lowest BCUT2D eigenvalue weighted by Gasteiger charge is -2.28. The maximum Gasteiger partial charge on any atom is 0.186 e. The van der Waals surface area contributed by atoms with E-state index in [1.807, 2.05) is 12.1 Å². The number of hydrogen-bond donors (Lipinski definition) is 1. The molecule has 2 aromatic rings. The molecule has 246 valence electrons. The van der Waals surface area contributed by atoms with Gasteiger partial charge in [0.15, 0.2) is 5.78 Å². The van der Waals surface area contributed by atoms with E-state index in [2.05, 4.69) is 87.4 Å². The highest BCUT2D eigenvalue weighted by molar-refractivity contribution is 6.09. The molecule has 0 bridgehead atoms. The average Bonchev–Trinajstić information content (AvgIpc) is 2.99. The summed E-state index contributed by atoms with van der Waals surface area (Å²) in [5.74, 6) is 2.60. The maximum atomic E-state index is 14.6. The molecule has 0 saturated carbocycles. The molecule has 0 aliphatic rings. The fourth-order valence-corrected chi connectivity index (χ4v) is 7.38. The summed E-state index contributed by atoms with van der Waals surface area (Å²) in [4.78, 5) is 14.6. The lowest BCUT2D eigenvalue weighted by Crippen LogP contribution is -2.15. The molecular weight excluding hydrogens is 540 g/mol. The summed E-state index contributed by atoms with van der Waals surface area (Å²) in [6.45, 7) is 22.2. The van der Waals surface area contributed by atoms with Gasteiger partial charge in [-0.25, -0.2) is 0 Å². The Balaban J connectivity index is 2.90. The molecule has 0 saturated heterocycles. The van der Waals surface area contributed by atoms with Gasteiger partial charge >= 0.3 is 0 Å². The van der Waals surface area contributed by atoms with Gasteiger partial charge in [-0.1, -0.05) is 113 Å². The van der Waals surface area contributed by atoms with E-state index >= 15 is 0 Å². The Hall–Kier alpha value is -2.55. The SMILES string of the molecule is CCCC(C)c1cc(/C=C\C(=O)c2c(C(C)CCC)cc(O)c(C(C)CCC)c2C(C)CCC)c(C(C)CCC)c(OC)c1. The molecule has 2 rings (SSSR count). The number of carbonyl (C=O) groups excluding carboxylic acids is 1. The Morgan fingerprint density at radius 3 is 1.68 bits per heavy atom. The minimum absolute atomic E-state index is 0.0472. The fraction of sp³-hybridized carbons (Fsp3) is 0.634. The summed E-state index contributed by atoms with van der Waals surface area (Å²) >= 11 is 0. The van der Waals surface area contributed by atoms with Gasteiger partial charge in [0.05, 0.1) is 7.11 Å². The smallest absolute Gasteiger partial charge is 0.186 e. The van der Waals surface area contributed by atoms with Gasteiger partial charge in [0, 0.05) is 16.7 Å². The van der Waals surface area contributed by atoms with Crippen molar-refractivity contribution in [2.45, 2.75) is 163 Å². The van der Waals surface area contributed by atoms with Gasteiger partial charge in [-0.15, -0.1) is 0 Å². The number of ketones is 1. The molecule has 1 N–H and O–H groups in total. The van der Waals surface area contributed by atoms with Gasteiger partial charge in [-0.05, 0) is 102 Å². The third-order valence-electron chi connectivity index (χ3n) is 9.68. The molecule has 0 fully saturated rings. The summed E-state index contributed by atoms with van der Waals surface area (Å²) in [5.41, 5.74) is 7.40. The molecule has 3 nitrogen and oxygen atoms in total. The highest BCUT2D eigenvalue weighted by Crippen LogP contribution is 2.44. The van der Waals surface area contributed by atoms with Crippen LogP contribution < -0.4 is 4.74 Å². The normalized spacial score (nSPS) is 15.2. The molecule has 2 aromatic carbocycles. The first kappa shape index (κ1) is 37.6. The van der Waals surface area contributed by atoms with Crippen LogP contribution in [0, 0.1) is 0 Å². The largest absolute Gasteiger partial charge is 0.508 e. The summed E-state index contributed by atoms with van der Waals surface area (Å²) in [6, 6.07) is 6.44. The third-order valence-corrected chi connectivity index (χ3v) is 9.68. The quantitative estimate of drug-likeness (QED) is 0.128. The number of ether oxygens (including phenoxy) is 1. The number of phenolic OH excluding ortho intramolecular Hbond substituents is 1. The first-order chi connectivity index (χ1) is 21.0. The van der Waals surface area contributed by atoms with Crippen LogP contribution in [-0.4, -0.2) is 18.0 Å². The second-order valence-corrected chi connectivity index (χ2v) is 13.6. The maximum absolute atomic E-state index is 14.6. The lowest BCUT2D eigenvalue weighted by molar-refractivity contribution is 0.104. The number of phenols is 1. The zero-order valence-corrected chi connectivity index (χ0v) is 30.1. The van der Waals surface area contributed by atoms with E-state index in [1.54, 1.807) is 7.11 Å². The van der Waals surface area contributed by atoms with Crippen molar-refractivity contribution >= 4 is 11.9 Å². The Kier molecular flexibility index (Phi) is 15.8. The van der Waals surface area contributed by atoms with Crippen LogP contribution in [0.3, 0.4) is 0 Å². The van der Waals surface area contributed by atoms with Crippen molar-refractivity contribution in [2.24, 2.45) is 0 Å². The Morgan fingerprint density at radius 1 is 0.682 bits per heavy atom. The minimum Gasteiger partial charge on any atom is -0.508 e. The van der Waals surface area contributed by atoms with Gasteiger partial charge in [-0.2, -0.15) is 0 Å². The minimum atomic E-state index is 0.0472. The van der Waals surface area contributed by atoms with E-state index in [-0.39, 0.29) is 23.5 Å². The standard InChI is InChI=1S/C41H64O3/c1-12-17-27(6)33-24-32(38(29(8)19-14-3)37(25-33)44-11)22-23-35(42)41-34(28(7)18-13-2)26-36(43)39(30(9)20-15-4)40(41)31(10)21-16-5/h22-31,43H,12-21H2,1-11H3/b23-22-. The number of allylic oxidation sites excluding steroid dienone is 1. The molecule has 44 heavy (non-hydrogen) atoms. The van der Waals surface area contributed by atoms with E-state index < -0.39 is 0 Å². The van der Waals surface area contributed by atoms with Gasteiger partial charge in [-0.3, -0.25) is 4.79 Å². The summed E-state index contributed by atoms with van der Waals surface area (Å²) in [5, 5.41) is 11.5. The van der Waals surface area contributed by atoms with E-state index in [9.17, 15) is 9.90 Å². The van der Waals surface area contributed by atoms with E-state index in [1.165, 1.54) is 11.1 Å². The van der Waals surface area contributed by atoms with Crippen molar-refractivity contribution in [1.29, 1.82) is 0 Å². The van der Waals surface area contributed by atoms with Crippen molar-refractivity contribution in [2.75, 3.05) is 7.11 Å². The summed E-state index contributed by atoms with van der Waals surface area (Å²) < 4.78 is 6.00. The van der Waals surface area contributed by atoms with Crippen molar-refractivity contribution in [1.82, 2.24) is 0 Å². The monoisotopic (exact) mass is 604 g/mol. The molecule has 0 aliphatic carbocycles. The van der Waals surface area contributed by atoms with Crippen LogP contribution in [0.1, 0.15) is 207 Å². The molecule has 5 atom stereocenters. The number of benzene rings is 2. The first-order valence-corrected chi connectivity index (χ1v) is 17.8. The zero-order chi connectivity index (χ0) is 33.0. The number of carbonyl (C=O) groups is 1. The topological polar surface area (TPSA) is 46.5 Å². The molecule has 0 amide bonds. The molecule has 0 heterocycles. The molecular formula is C41H64O3. The summed E-state index contributed by atoms with van der Waals surface area (Å²) in [7, 11) is 1.77. The van der Waals surface area contributed by atoms with Gasteiger partial charge in [0.25, 0.3) is 0 Å². The lowest BCUT2D eigenvalue weighted by atomic mass is 9.76. The number of aromatic hydroxyl groups is 1. The predicted octanol–water partition coefficient (Wildman–Crippen LogP) is 12.8. The van der Waals surface area contributed by atoms with Crippen LogP contribution in [0.4, 0.5) is 0 Å². The summed E-state index contributed by atoms with van der Waals surface area (Å²) in [6.07, 6.45) is 14.3. The highest BCUT2D eigenvalue weighted by atomic mass is 16.5. The Labute approximate surface area is 270 Å². The molecule has 0 aromatic heterocycles. The van der Waals surface area contributed by atoms with E-state index in [0.29, 0.717) is 17.6 Å². The predicted molar refractivity (Wildman–Crippen MR) is 191 cm³/mol. The highest BCUT2D eigenvalue weighted by Gasteiger charge is 2.29. The van der Waals surface area contributed by atoms with Gasteiger partial charge < -0.3 is 9.84 Å². The molecule has 5 unspecified atom stereocenters. The van der Waals surface area contributed by atoms with Crippen LogP contribution in [-0.2, 0) is 0 Å². The second kappa shape index (κ2) is 18.4. The van der Waals surface area contributed by atoms with E-state index in [4.69, 9.17) is 4.74 Å². The molecule has 0 radical (unpaired) electrons. The fourth-order valence-electron chi connectivity index (χ4n) is 7.38. The van der Waals surface area contributed by atoms with Crippen molar-refractivity contribution in [3.8, 4) is 11.5 Å². The first-order valence-electron chi connectivity index (χ1n) is 17.8. The average molecular weight is 605 g/mol. The number of hydrogen-bond acceptors (Lipinski definition) is 3. The van der Waals surface area contributed by atoms with Crippen LogP contribution in [0.25, 0.3) is 6.08 Å². The van der Waals surface area contributed by atoms with E-state index in [0.717, 1.165) is 97.8 Å². The molecule has 3 heteroatoms.